The Morgan fingerprint density at radius 3 is 2.85 bits per heavy atom. The maximum Gasteiger partial charge on any atom is 0.0589 e. The minimum Gasteiger partial charge on any atom is -0.328 e. The molecule has 0 unspecified atom stereocenters. The van der Waals surface area contributed by atoms with Crippen molar-refractivity contribution in [3.05, 3.63) is 29.0 Å². The minimum absolute atomic E-state index is 0.289. The lowest BCUT2D eigenvalue weighted by molar-refractivity contribution is 0.591. The van der Waals surface area contributed by atoms with Crippen molar-refractivity contribution in [2.24, 2.45) is 5.73 Å². The molecule has 0 amide bonds. The molecule has 0 saturated carbocycles. The zero-order chi connectivity index (χ0) is 9.68. The minimum atomic E-state index is 0.289. The van der Waals surface area contributed by atoms with Crippen LogP contribution in [0.15, 0.2) is 18.3 Å². The molecular formula is C10H15ClN2. The number of aromatic nitrogens is 1. The first-order valence-electron chi connectivity index (χ1n) is 4.58. The quantitative estimate of drug-likeness (QED) is 0.807. The summed E-state index contributed by atoms with van der Waals surface area (Å²) in [6.45, 7) is 2.10. The highest BCUT2D eigenvalue weighted by atomic mass is 35.5. The van der Waals surface area contributed by atoms with E-state index in [1.165, 1.54) is 0 Å². The molecule has 2 nitrogen and oxygen atoms in total. The van der Waals surface area contributed by atoms with Crippen LogP contribution in [-0.2, 0) is 6.42 Å². The van der Waals surface area contributed by atoms with Gasteiger partial charge in [0.15, 0.2) is 0 Å². The topological polar surface area (TPSA) is 38.9 Å². The fourth-order valence-corrected chi connectivity index (χ4v) is 1.20. The maximum absolute atomic E-state index is 5.80. The molecule has 13 heavy (non-hydrogen) atoms. The monoisotopic (exact) mass is 198 g/mol. The first kappa shape index (κ1) is 10.5. The number of nitrogens with two attached hydrogens (primary N) is 1. The number of hydrogen-bond acceptors (Lipinski definition) is 2. The van der Waals surface area contributed by atoms with E-state index in [0.717, 1.165) is 25.0 Å². The zero-order valence-electron chi connectivity index (χ0n) is 7.83. The van der Waals surface area contributed by atoms with Gasteiger partial charge in [0.25, 0.3) is 0 Å². The van der Waals surface area contributed by atoms with Crippen LogP contribution in [0.2, 0.25) is 5.02 Å². The van der Waals surface area contributed by atoms with Crippen LogP contribution in [0.25, 0.3) is 0 Å². The lowest BCUT2D eigenvalue weighted by Crippen LogP contribution is -2.19. The summed E-state index contributed by atoms with van der Waals surface area (Å²) in [6, 6.07) is 4.10. The van der Waals surface area contributed by atoms with E-state index in [9.17, 15) is 0 Å². The Balaban J connectivity index is 2.41. The van der Waals surface area contributed by atoms with E-state index in [1.807, 2.05) is 12.1 Å². The molecule has 1 rings (SSSR count). The maximum atomic E-state index is 5.80. The van der Waals surface area contributed by atoms with E-state index in [1.54, 1.807) is 6.20 Å². The molecule has 0 aromatic carbocycles. The molecule has 0 bridgehead atoms. The summed E-state index contributed by atoms with van der Waals surface area (Å²) in [7, 11) is 0. The van der Waals surface area contributed by atoms with E-state index in [4.69, 9.17) is 17.3 Å². The average molecular weight is 199 g/mol. The van der Waals surface area contributed by atoms with E-state index < -0.39 is 0 Å². The Morgan fingerprint density at radius 2 is 2.31 bits per heavy atom. The van der Waals surface area contributed by atoms with Gasteiger partial charge in [-0.2, -0.15) is 0 Å². The zero-order valence-corrected chi connectivity index (χ0v) is 8.59. The summed E-state index contributed by atoms with van der Waals surface area (Å²) in [4.78, 5) is 4.20. The molecular weight excluding hydrogens is 184 g/mol. The molecule has 0 radical (unpaired) electrons. The van der Waals surface area contributed by atoms with Crippen molar-refractivity contribution in [1.29, 1.82) is 0 Å². The summed E-state index contributed by atoms with van der Waals surface area (Å²) in [5.74, 6) is 0. The third-order valence-electron chi connectivity index (χ3n) is 2.08. The molecule has 1 heterocycles. The Bertz CT molecular complexity index is 246. The number of nitrogens with zero attached hydrogens (tertiary/aromatic N) is 1. The highest BCUT2D eigenvalue weighted by Crippen LogP contribution is 2.08. The van der Waals surface area contributed by atoms with Crippen molar-refractivity contribution in [2.75, 3.05) is 0 Å². The molecule has 72 valence electrons. The van der Waals surface area contributed by atoms with Crippen LogP contribution in [0.4, 0.5) is 0 Å². The molecule has 2 N–H and O–H groups in total. The van der Waals surface area contributed by atoms with Gasteiger partial charge in [-0.1, -0.05) is 18.5 Å². The van der Waals surface area contributed by atoms with Gasteiger partial charge in [0.2, 0.25) is 0 Å². The third-order valence-corrected chi connectivity index (χ3v) is 2.31. The molecule has 3 heteroatoms. The van der Waals surface area contributed by atoms with Gasteiger partial charge in [0.05, 0.1) is 5.02 Å². The van der Waals surface area contributed by atoms with Crippen LogP contribution in [0.1, 0.15) is 25.5 Å². The fraction of sp³-hybridized carbons (Fsp3) is 0.500. The van der Waals surface area contributed by atoms with Crippen LogP contribution in [0, 0.1) is 0 Å². The van der Waals surface area contributed by atoms with Crippen molar-refractivity contribution in [2.45, 2.75) is 32.2 Å². The van der Waals surface area contributed by atoms with Gasteiger partial charge in [-0.25, -0.2) is 0 Å². The summed E-state index contributed by atoms with van der Waals surface area (Å²) in [5.41, 5.74) is 6.86. The predicted octanol–water partition coefficient (Wildman–Crippen LogP) is 2.40. The van der Waals surface area contributed by atoms with Crippen molar-refractivity contribution >= 4 is 11.6 Å². The largest absolute Gasteiger partial charge is 0.328 e. The molecule has 0 aliphatic rings. The average Bonchev–Trinajstić information content (AvgIpc) is 2.16. The number of hydrogen-bond donors (Lipinski definition) is 1. The Hall–Kier alpha value is -0.600. The van der Waals surface area contributed by atoms with Gasteiger partial charge in [-0.05, 0) is 31.4 Å². The van der Waals surface area contributed by atoms with E-state index in [2.05, 4.69) is 11.9 Å². The Morgan fingerprint density at radius 1 is 1.54 bits per heavy atom. The van der Waals surface area contributed by atoms with Crippen LogP contribution in [0.3, 0.4) is 0 Å². The van der Waals surface area contributed by atoms with Crippen molar-refractivity contribution in [1.82, 2.24) is 4.98 Å². The molecule has 0 aliphatic carbocycles. The van der Waals surface area contributed by atoms with E-state index >= 15 is 0 Å². The smallest absolute Gasteiger partial charge is 0.0589 e. The number of pyridine rings is 1. The fourth-order valence-electron chi connectivity index (χ4n) is 1.09. The first-order valence-corrected chi connectivity index (χ1v) is 4.96. The second-order valence-corrected chi connectivity index (χ2v) is 3.61. The van der Waals surface area contributed by atoms with Gasteiger partial charge in [0, 0.05) is 17.9 Å². The third kappa shape index (κ3) is 3.75. The van der Waals surface area contributed by atoms with Gasteiger partial charge < -0.3 is 5.73 Å². The highest BCUT2D eigenvalue weighted by Gasteiger charge is 2.00. The molecule has 0 spiro atoms. The molecule has 0 aliphatic heterocycles. The molecule has 0 saturated heterocycles. The van der Waals surface area contributed by atoms with Crippen LogP contribution in [-0.4, -0.2) is 11.0 Å². The second-order valence-electron chi connectivity index (χ2n) is 3.17. The summed E-state index contributed by atoms with van der Waals surface area (Å²) in [5, 5.41) is 0.684. The number of aryl methyl sites for hydroxylation is 1. The predicted molar refractivity (Wildman–Crippen MR) is 55.8 cm³/mol. The normalized spacial score (nSPS) is 12.8. The molecule has 1 aromatic rings. The molecule has 1 atom stereocenters. The van der Waals surface area contributed by atoms with Crippen molar-refractivity contribution in [3.8, 4) is 0 Å². The van der Waals surface area contributed by atoms with Crippen molar-refractivity contribution < 1.29 is 0 Å². The van der Waals surface area contributed by atoms with Gasteiger partial charge in [0.1, 0.15) is 0 Å². The van der Waals surface area contributed by atoms with Crippen LogP contribution >= 0.6 is 11.6 Å². The lowest BCUT2D eigenvalue weighted by atomic mass is 10.1. The summed E-state index contributed by atoms with van der Waals surface area (Å²) in [6.07, 6.45) is 4.62. The Kier molecular flexibility index (Phi) is 4.19. The first-order chi connectivity index (χ1) is 6.22. The standard InChI is InChI=1S/C10H15ClN2/c1-2-9(12)4-6-10-5-3-8(11)7-13-10/h3,5,7,9H,2,4,6,12H2,1H3/t9-/m0/s1. The lowest BCUT2D eigenvalue weighted by Gasteiger charge is -2.07. The Labute approximate surface area is 84.1 Å². The van der Waals surface area contributed by atoms with E-state index in [-0.39, 0.29) is 6.04 Å². The van der Waals surface area contributed by atoms with E-state index in [0.29, 0.717) is 5.02 Å². The number of rotatable bonds is 4. The summed E-state index contributed by atoms with van der Waals surface area (Å²) >= 11 is 5.71. The van der Waals surface area contributed by atoms with Gasteiger partial charge >= 0.3 is 0 Å². The summed E-state index contributed by atoms with van der Waals surface area (Å²) < 4.78 is 0. The van der Waals surface area contributed by atoms with Crippen molar-refractivity contribution in [3.63, 3.8) is 0 Å². The van der Waals surface area contributed by atoms with Crippen LogP contribution < -0.4 is 5.73 Å². The van der Waals surface area contributed by atoms with Gasteiger partial charge in [-0.15, -0.1) is 0 Å². The second kappa shape index (κ2) is 5.20. The number of halogens is 1. The highest BCUT2D eigenvalue weighted by molar-refractivity contribution is 6.30. The SMILES string of the molecule is CC[C@H](N)CCc1ccc(Cl)cn1. The van der Waals surface area contributed by atoms with Gasteiger partial charge in [-0.3, -0.25) is 4.98 Å². The molecule has 0 fully saturated rings. The molecule has 1 aromatic heterocycles. The van der Waals surface area contributed by atoms with Crippen LogP contribution in [0.5, 0.6) is 0 Å².